The van der Waals surface area contributed by atoms with Crippen molar-refractivity contribution in [3.63, 3.8) is 0 Å². The zero-order valence-corrected chi connectivity index (χ0v) is 14.6. The van der Waals surface area contributed by atoms with E-state index in [1.54, 1.807) is 0 Å². The summed E-state index contributed by atoms with van der Waals surface area (Å²) in [6, 6.07) is 2.46. The van der Waals surface area contributed by atoms with E-state index in [0.717, 1.165) is 0 Å². The maximum Gasteiger partial charge on any atom is 0.344 e. The van der Waals surface area contributed by atoms with Crippen molar-refractivity contribution in [1.82, 2.24) is 0 Å². The zero-order chi connectivity index (χ0) is 19.6. The van der Waals surface area contributed by atoms with Gasteiger partial charge in [0, 0.05) is 6.07 Å². The summed E-state index contributed by atoms with van der Waals surface area (Å²) in [6.45, 7) is -1.96. The quantitative estimate of drug-likeness (QED) is 0.271. The normalized spacial score (nSPS) is 10.8. The summed E-state index contributed by atoms with van der Waals surface area (Å²) >= 11 is 17.3. The van der Waals surface area contributed by atoms with Crippen LogP contribution in [0.5, 0.6) is 5.75 Å². The fourth-order valence-electron chi connectivity index (χ4n) is 1.72. The topological polar surface area (TPSA) is 35.5 Å². The Morgan fingerprint density at radius 3 is 1.88 bits per heavy atom. The lowest BCUT2D eigenvalue weighted by Gasteiger charge is -2.11. The molecule has 2 rings (SSSR count). The number of rotatable bonds is 5. The van der Waals surface area contributed by atoms with Crippen LogP contribution in [0.4, 0.5) is 22.0 Å². The molecule has 0 saturated heterocycles. The molecular formula is C15H6Cl3F5O3. The second-order valence-electron chi connectivity index (χ2n) is 4.69. The van der Waals surface area contributed by atoms with Crippen molar-refractivity contribution >= 4 is 40.8 Å². The van der Waals surface area contributed by atoms with Crippen LogP contribution in [0.1, 0.15) is 5.56 Å². The summed E-state index contributed by atoms with van der Waals surface area (Å²) in [5.41, 5.74) is -1.29. The van der Waals surface area contributed by atoms with E-state index in [1.165, 1.54) is 12.1 Å². The number of carbonyl (C=O) groups excluding carboxylic acids is 1. The number of ether oxygens (including phenoxy) is 2. The second kappa shape index (κ2) is 8.28. The van der Waals surface area contributed by atoms with E-state index in [1.807, 2.05) is 0 Å². The highest BCUT2D eigenvalue weighted by Gasteiger charge is 2.26. The van der Waals surface area contributed by atoms with Gasteiger partial charge in [0.1, 0.15) is 12.4 Å². The molecule has 0 saturated carbocycles. The lowest BCUT2D eigenvalue weighted by molar-refractivity contribution is -0.147. The Hall–Kier alpha value is -1.77. The van der Waals surface area contributed by atoms with E-state index in [2.05, 4.69) is 4.74 Å². The minimum Gasteiger partial charge on any atom is -0.480 e. The van der Waals surface area contributed by atoms with Crippen LogP contribution in [-0.2, 0) is 16.1 Å². The molecule has 3 nitrogen and oxygen atoms in total. The third-order valence-electron chi connectivity index (χ3n) is 3.00. The average molecular weight is 436 g/mol. The van der Waals surface area contributed by atoms with Gasteiger partial charge in [0.15, 0.2) is 29.9 Å². The van der Waals surface area contributed by atoms with Crippen LogP contribution in [-0.4, -0.2) is 12.6 Å². The van der Waals surface area contributed by atoms with Gasteiger partial charge in [-0.05, 0) is 6.07 Å². The Kier molecular flexibility index (Phi) is 6.54. The molecule has 0 atom stereocenters. The monoisotopic (exact) mass is 434 g/mol. The minimum absolute atomic E-state index is 0.0203. The molecule has 0 bridgehead atoms. The molecule has 0 aliphatic rings. The smallest absolute Gasteiger partial charge is 0.344 e. The highest BCUT2D eigenvalue weighted by Crippen LogP contribution is 2.33. The van der Waals surface area contributed by atoms with Crippen molar-refractivity contribution in [3.05, 3.63) is 61.9 Å². The molecule has 2 aromatic rings. The number of benzene rings is 2. The number of halogens is 8. The van der Waals surface area contributed by atoms with Crippen molar-refractivity contribution in [1.29, 1.82) is 0 Å². The highest BCUT2D eigenvalue weighted by molar-refractivity contribution is 6.43. The summed E-state index contributed by atoms with van der Waals surface area (Å²) < 4.78 is 75.4. The molecule has 0 fully saturated rings. The molecule has 0 aliphatic heterocycles. The third kappa shape index (κ3) is 4.31. The standard InChI is InChI=1S/C15H6Cl3F5O3/c16-6-1-8(18)9(2-7(6)17)25-4-10(24)26-3-5-11(19)13(21)15(23)14(22)12(5)20/h1-2H,3-4H2. The summed E-state index contributed by atoms with van der Waals surface area (Å²) in [5.74, 6) is -12.0. The van der Waals surface area contributed by atoms with Gasteiger partial charge in [-0.25, -0.2) is 26.7 Å². The molecule has 0 spiro atoms. The van der Waals surface area contributed by atoms with Crippen LogP contribution in [0.25, 0.3) is 0 Å². The first kappa shape index (κ1) is 20.5. The van der Waals surface area contributed by atoms with Gasteiger partial charge < -0.3 is 9.47 Å². The summed E-state index contributed by atoms with van der Waals surface area (Å²) in [4.78, 5) is 11.6. The predicted molar refractivity (Wildman–Crippen MR) is 83.0 cm³/mol. The maximum atomic E-state index is 13.5. The van der Waals surface area contributed by atoms with Crippen molar-refractivity contribution in [2.75, 3.05) is 6.61 Å². The number of hydrogen-bond acceptors (Lipinski definition) is 3. The molecule has 0 unspecified atom stereocenters. The van der Waals surface area contributed by atoms with E-state index in [4.69, 9.17) is 39.5 Å². The largest absolute Gasteiger partial charge is 0.480 e. The van der Waals surface area contributed by atoms with E-state index < -0.39 is 53.8 Å². The Balaban J connectivity index is 2.03. The summed E-state index contributed by atoms with van der Waals surface area (Å²) in [6.07, 6.45) is 0. The number of esters is 1. The maximum absolute atomic E-state index is 13.5. The van der Waals surface area contributed by atoms with Gasteiger partial charge in [-0.2, -0.15) is 0 Å². The van der Waals surface area contributed by atoms with Gasteiger partial charge >= 0.3 is 5.97 Å². The molecule has 140 valence electrons. The fraction of sp³-hybridized carbons (Fsp3) is 0.133. The first-order valence-corrected chi connectivity index (χ1v) is 7.70. The van der Waals surface area contributed by atoms with E-state index in [0.29, 0.717) is 0 Å². The molecule has 0 N–H and O–H groups in total. The molecule has 26 heavy (non-hydrogen) atoms. The van der Waals surface area contributed by atoms with Crippen molar-refractivity contribution in [2.45, 2.75) is 6.61 Å². The SMILES string of the molecule is O=C(COc1cc(Cl)c(Cl)cc1Cl)OCc1c(F)c(F)c(F)c(F)c1F. The van der Waals surface area contributed by atoms with Crippen LogP contribution in [0.3, 0.4) is 0 Å². The van der Waals surface area contributed by atoms with Crippen molar-refractivity contribution in [2.24, 2.45) is 0 Å². The van der Waals surface area contributed by atoms with E-state index >= 15 is 0 Å². The van der Waals surface area contributed by atoms with Crippen LogP contribution < -0.4 is 4.74 Å². The van der Waals surface area contributed by atoms with Gasteiger partial charge in [0.05, 0.1) is 20.6 Å². The molecule has 0 aliphatic carbocycles. The van der Waals surface area contributed by atoms with Crippen LogP contribution in [0.2, 0.25) is 15.1 Å². The van der Waals surface area contributed by atoms with E-state index in [9.17, 15) is 26.7 Å². The lowest BCUT2D eigenvalue weighted by Crippen LogP contribution is -2.17. The molecule has 0 amide bonds. The van der Waals surface area contributed by atoms with Gasteiger partial charge in [0.2, 0.25) is 5.82 Å². The Morgan fingerprint density at radius 2 is 1.31 bits per heavy atom. The highest BCUT2D eigenvalue weighted by atomic mass is 35.5. The number of hydrogen-bond donors (Lipinski definition) is 0. The van der Waals surface area contributed by atoms with Crippen LogP contribution >= 0.6 is 34.8 Å². The zero-order valence-electron chi connectivity index (χ0n) is 12.3. The number of carbonyl (C=O) groups is 1. The predicted octanol–water partition coefficient (Wildman–Crippen LogP) is 5.46. The van der Waals surface area contributed by atoms with Gasteiger partial charge in [0.25, 0.3) is 0 Å². The van der Waals surface area contributed by atoms with Gasteiger partial charge in [-0.3, -0.25) is 0 Å². The lowest BCUT2D eigenvalue weighted by atomic mass is 10.2. The van der Waals surface area contributed by atoms with Crippen molar-refractivity contribution in [3.8, 4) is 5.75 Å². The molecule has 0 radical (unpaired) electrons. The second-order valence-corrected chi connectivity index (χ2v) is 5.92. The molecule has 2 aromatic carbocycles. The van der Waals surface area contributed by atoms with Crippen molar-refractivity contribution < 1.29 is 36.2 Å². The van der Waals surface area contributed by atoms with Gasteiger partial charge in [-0.1, -0.05) is 34.8 Å². The average Bonchev–Trinajstić information content (AvgIpc) is 2.60. The molecular weight excluding hydrogens is 430 g/mol. The Bertz CT molecular complexity index is 847. The van der Waals surface area contributed by atoms with Crippen LogP contribution in [0, 0.1) is 29.1 Å². The molecule has 0 aromatic heterocycles. The van der Waals surface area contributed by atoms with Gasteiger partial charge in [-0.15, -0.1) is 0 Å². The van der Waals surface area contributed by atoms with Crippen LogP contribution in [0.15, 0.2) is 12.1 Å². The van der Waals surface area contributed by atoms with E-state index in [-0.39, 0.29) is 20.8 Å². The minimum atomic E-state index is -2.31. The summed E-state index contributed by atoms with van der Waals surface area (Å²) in [7, 11) is 0. The third-order valence-corrected chi connectivity index (χ3v) is 4.02. The Labute approximate surface area is 158 Å². The molecule has 11 heteroatoms. The first-order valence-electron chi connectivity index (χ1n) is 6.56. The Morgan fingerprint density at radius 1 is 0.808 bits per heavy atom. The fourth-order valence-corrected chi connectivity index (χ4v) is 2.31. The first-order chi connectivity index (χ1) is 12.1. The summed E-state index contributed by atoms with van der Waals surface area (Å²) in [5, 5.41) is 0.241. The molecule has 0 heterocycles.